The lowest BCUT2D eigenvalue weighted by atomic mass is 10.1. The van der Waals surface area contributed by atoms with Crippen LogP contribution in [0.1, 0.15) is 18.4 Å². The molecule has 0 saturated carbocycles. The van der Waals surface area contributed by atoms with E-state index in [0.29, 0.717) is 13.2 Å². The van der Waals surface area contributed by atoms with Crippen molar-refractivity contribution >= 4 is 12.0 Å². The number of ether oxygens (including phenoxy) is 1. The van der Waals surface area contributed by atoms with Gasteiger partial charge >= 0.3 is 12.0 Å². The first-order chi connectivity index (χ1) is 10.1. The maximum atomic E-state index is 11.7. The normalized spacial score (nSPS) is 11.7. The highest BCUT2D eigenvalue weighted by Crippen LogP contribution is 2.03. The van der Waals surface area contributed by atoms with Gasteiger partial charge in [-0.1, -0.05) is 30.3 Å². The lowest BCUT2D eigenvalue weighted by Gasteiger charge is -2.15. The van der Waals surface area contributed by atoms with E-state index in [1.807, 2.05) is 30.3 Å². The predicted molar refractivity (Wildman–Crippen MR) is 79.2 cm³/mol. The largest absolute Gasteiger partial charge is 0.480 e. The smallest absolute Gasteiger partial charge is 0.326 e. The van der Waals surface area contributed by atoms with Crippen molar-refractivity contribution in [3.8, 4) is 0 Å². The summed E-state index contributed by atoms with van der Waals surface area (Å²) in [5.74, 6) is -1.05. The van der Waals surface area contributed by atoms with Crippen molar-refractivity contribution in [1.29, 1.82) is 0 Å². The number of urea groups is 1. The van der Waals surface area contributed by atoms with Gasteiger partial charge in [-0.15, -0.1) is 0 Å². The Hall–Kier alpha value is -2.08. The number of rotatable bonds is 9. The number of carbonyl (C=O) groups excluding carboxylic acids is 1. The highest BCUT2D eigenvalue weighted by atomic mass is 16.5. The van der Waals surface area contributed by atoms with Crippen LogP contribution in [0.2, 0.25) is 0 Å². The number of carbonyl (C=O) groups is 2. The summed E-state index contributed by atoms with van der Waals surface area (Å²) in [5, 5.41) is 14.3. The zero-order valence-corrected chi connectivity index (χ0v) is 12.2. The van der Waals surface area contributed by atoms with Gasteiger partial charge in [0.2, 0.25) is 0 Å². The van der Waals surface area contributed by atoms with E-state index in [-0.39, 0.29) is 6.42 Å². The summed E-state index contributed by atoms with van der Waals surface area (Å²) in [4.78, 5) is 22.9. The van der Waals surface area contributed by atoms with Gasteiger partial charge in [0.05, 0.1) is 0 Å². The van der Waals surface area contributed by atoms with Gasteiger partial charge in [0.1, 0.15) is 6.04 Å². The average molecular weight is 294 g/mol. The Morgan fingerprint density at radius 3 is 2.57 bits per heavy atom. The molecule has 2 amide bonds. The van der Waals surface area contributed by atoms with Gasteiger partial charge in [0.15, 0.2) is 0 Å². The number of carboxylic acids is 1. The van der Waals surface area contributed by atoms with E-state index in [2.05, 4.69) is 10.6 Å². The van der Waals surface area contributed by atoms with Gasteiger partial charge in [0.25, 0.3) is 0 Å². The summed E-state index contributed by atoms with van der Waals surface area (Å²) in [7, 11) is 1.63. The Kier molecular flexibility index (Phi) is 7.89. The second-order valence-electron chi connectivity index (χ2n) is 4.68. The van der Waals surface area contributed by atoms with Crippen LogP contribution in [0, 0.1) is 0 Å². The molecule has 0 spiro atoms. The Labute approximate surface area is 124 Å². The van der Waals surface area contributed by atoms with Crippen molar-refractivity contribution < 1.29 is 19.4 Å². The van der Waals surface area contributed by atoms with Gasteiger partial charge in [0, 0.05) is 26.7 Å². The van der Waals surface area contributed by atoms with Crippen LogP contribution in [0.25, 0.3) is 0 Å². The van der Waals surface area contributed by atoms with Crippen molar-refractivity contribution in [2.45, 2.75) is 25.3 Å². The van der Waals surface area contributed by atoms with E-state index in [0.717, 1.165) is 18.4 Å². The molecule has 3 N–H and O–H groups in total. The van der Waals surface area contributed by atoms with E-state index >= 15 is 0 Å². The zero-order valence-electron chi connectivity index (χ0n) is 12.2. The summed E-state index contributed by atoms with van der Waals surface area (Å²) < 4.78 is 4.91. The first kappa shape index (κ1) is 17.0. The number of amides is 2. The number of nitrogens with one attached hydrogen (secondary N) is 2. The number of hydrogen-bond acceptors (Lipinski definition) is 3. The molecule has 0 bridgehead atoms. The molecule has 116 valence electrons. The average Bonchev–Trinajstić information content (AvgIpc) is 2.47. The van der Waals surface area contributed by atoms with Crippen LogP contribution in [0.15, 0.2) is 30.3 Å². The Balaban J connectivity index is 2.36. The quantitative estimate of drug-likeness (QED) is 0.601. The van der Waals surface area contributed by atoms with Crippen LogP contribution in [0.5, 0.6) is 0 Å². The molecule has 0 saturated heterocycles. The highest BCUT2D eigenvalue weighted by Gasteiger charge is 2.19. The number of carboxylic acid groups (broad SMARTS) is 1. The Morgan fingerprint density at radius 2 is 1.95 bits per heavy atom. The van der Waals surface area contributed by atoms with Gasteiger partial charge in [-0.05, 0) is 18.4 Å². The third kappa shape index (κ3) is 7.31. The lowest BCUT2D eigenvalue weighted by Crippen LogP contribution is -2.47. The number of unbranched alkanes of at least 4 members (excludes halogenated alkanes) is 1. The third-order valence-corrected chi connectivity index (χ3v) is 2.95. The van der Waals surface area contributed by atoms with Crippen molar-refractivity contribution in [2.75, 3.05) is 20.3 Å². The third-order valence-electron chi connectivity index (χ3n) is 2.95. The van der Waals surface area contributed by atoms with Crippen molar-refractivity contribution in [1.82, 2.24) is 10.6 Å². The molecule has 0 aliphatic rings. The molecule has 6 heteroatoms. The molecule has 0 heterocycles. The van der Waals surface area contributed by atoms with Gasteiger partial charge in [-0.2, -0.15) is 0 Å². The minimum atomic E-state index is -1.05. The Bertz CT molecular complexity index is 437. The van der Waals surface area contributed by atoms with Gasteiger partial charge in [-0.25, -0.2) is 9.59 Å². The molecule has 1 atom stereocenters. The molecule has 1 aromatic rings. The first-order valence-corrected chi connectivity index (χ1v) is 6.93. The summed E-state index contributed by atoms with van der Waals surface area (Å²) in [6.07, 6.45) is 1.90. The van der Waals surface area contributed by atoms with E-state index in [1.54, 1.807) is 7.11 Å². The molecule has 0 aliphatic heterocycles. The minimum Gasteiger partial charge on any atom is -0.480 e. The summed E-state index contributed by atoms with van der Waals surface area (Å²) in [5.41, 5.74) is 0.866. The van der Waals surface area contributed by atoms with Crippen LogP contribution in [-0.2, 0) is 16.0 Å². The molecule has 0 radical (unpaired) electrons. The Morgan fingerprint density at radius 1 is 1.24 bits per heavy atom. The molecule has 21 heavy (non-hydrogen) atoms. The monoisotopic (exact) mass is 294 g/mol. The topological polar surface area (TPSA) is 87.7 Å². The maximum absolute atomic E-state index is 11.7. The zero-order chi connectivity index (χ0) is 15.5. The summed E-state index contributed by atoms with van der Waals surface area (Å²) >= 11 is 0. The summed E-state index contributed by atoms with van der Waals surface area (Å²) in [6.45, 7) is 1.14. The number of aliphatic carboxylic acids is 1. The van der Waals surface area contributed by atoms with Crippen molar-refractivity contribution in [3.63, 3.8) is 0 Å². The fraction of sp³-hybridized carbons (Fsp3) is 0.467. The number of hydrogen-bond donors (Lipinski definition) is 3. The number of benzene rings is 1. The molecule has 0 aliphatic carbocycles. The predicted octanol–water partition coefficient (Wildman–Crippen LogP) is 1.41. The number of methoxy groups -OCH3 is 1. The van der Waals surface area contributed by atoms with Gasteiger partial charge < -0.3 is 20.5 Å². The summed E-state index contributed by atoms with van der Waals surface area (Å²) in [6, 6.07) is 7.80. The molecule has 0 aromatic heterocycles. The van der Waals surface area contributed by atoms with Crippen LogP contribution in [0.4, 0.5) is 4.79 Å². The van der Waals surface area contributed by atoms with E-state index in [9.17, 15) is 9.59 Å². The molecular weight excluding hydrogens is 272 g/mol. The first-order valence-electron chi connectivity index (χ1n) is 6.93. The molecular formula is C15H22N2O4. The fourth-order valence-corrected chi connectivity index (χ4v) is 1.83. The molecule has 1 aromatic carbocycles. The molecule has 0 fully saturated rings. The van der Waals surface area contributed by atoms with E-state index < -0.39 is 18.0 Å². The van der Waals surface area contributed by atoms with Gasteiger partial charge in [-0.3, -0.25) is 0 Å². The van der Waals surface area contributed by atoms with Crippen LogP contribution >= 0.6 is 0 Å². The second-order valence-corrected chi connectivity index (χ2v) is 4.68. The lowest BCUT2D eigenvalue weighted by molar-refractivity contribution is -0.139. The molecule has 1 rings (SSSR count). The molecule has 0 unspecified atom stereocenters. The van der Waals surface area contributed by atoms with E-state index in [4.69, 9.17) is 9.84 Å². The van der Waals surface area contributed by atoms with Crippen LogP contribution in [-0.4, -0.2) is 43.4 Å². The SMILES string of the molecule is COCCCCNC(=O)N[C@@H](Cc1ccccc1)C(=O)O. The van der Waals surface area contributed by atoms with Crippen LogP contribution < -0.4 is 10.6 Å². The highest BCUT2D eigenvalue weighted by molar-refractivity contribution is 5.82. The second kappa shape index (κ2) is 9.77. The van der Waals surface area contributed by atoms with Crippen molar-refractivity contribution in [3.05, 3.63) is 35.9 Å². The van der Waals surface area contributed by atoms with Crippen molar-refractivity contribution in [2.24, 2.45) is 0 Å². The van der Waals surface area contributed by atoms with E-state index in [1.165, 1.54) is 0 Å². The maximum Gasteiger partial charge on any atom is 0.326 e. The minimum absolute atomic E-state index is 0.257. The molecule has 6 nitrogen and oxygen atoms in total. The standard InChI is InChI=1S/C15H22N2O4/c1-21-10-6-5-9-16-15(20)17-13(14(18)19)11-12-7-3-2-4-8-12/h2-4,7-8,13H,5-6,9-11H2,1H3,(H,18,19)(H2,16,17,20)/t13-/m0/s1. The van der Waals surface area contributed by atoms with Crippen LogP contribution in [0.3, 0.4) is 0 Å². The fourth-order valence-electron chi connectivity index (χ4n) is 1.83.